The molecule has 0 atom stereocenters. The molecule has 0 spiro atoms. The molecule has 0 N–H and O–H groups in total. The fraction of sp³-hybridized carbons (Fsp3) is 0.250. The number of ether oxygens (including phenoxy) is 1. The van der Waals surface area contributed by atoms with Crippen LogP contribution >= 0.6 is 11.3 Å². The number of nitrogens with zero attached hydrogens (tertiary/aromatic N) is 5. The van der Waals surface area contributed by atoms with Gasteiger partial charge in [0.1, 0.15) is 35.3 Å². The number of hydrogen-bond donors (Lipinski definition) is 0. The van der Waals surface area contributed by atoms with Gasteiger partial charge >= 0.3 is 0 Å². The van der Waals surface area contributed by atoms with Gasteiger partial charge in [-0.2, -0.15) is 15.8 Å². The maximum Gasteiger partial charge on any atom is 0.186 e. The molecule has 3 rings (SSSR count). The maximum atomic E-state index is 9.17. The highest BCUT2D eigenvalue weighted by Crippen LogP contribution is 2.34. The molecule has 2 aromatic heterocycles. The fourth-order valence-electron chi connectivity index (χ4n) is 2.26. The van der Waals surface area contributed by atoms with E-state index in [1.54, 1.807) is 30.5 Å². The van der Waals surface area contributed by atoms with Crippen LogP contribution in [0.15, 0.2) is 28.3 Å². The van der Waals surface area contributed by atoms with Crippen molar-refractivity contribution in [3.05, 3.63) is 29.7 Å². The number of thiazole rings is 1. The molecule has 3 heterocycles. The first kappa shape index (κ1) is 15.8. The average Bonchev–Trinajstić information content (AvgIpc) is 3.29. The van der Waals surface area contributed by atoms with Crippen LogP contribution in [0.2, 0.25) is 0 Å². The average molecular weight is 337 g/mol. The lowest BCUT2D eigenvalue weighted by atomic mass is 10.1. The minimum atomic E-state index is -0.267. The van der Waals surface area contributed by atoms with Crippen molar-refractivity contribution in [1.29, 1.82) is 15.8 Å². The van der Waals surface area contributed by atoms with Gasteiger partial charge in [0.15, 0.2) is 10.7 Å². The molecular weight excluding hydrogens is 326 g/mol. The van der Waals surface area contributed by atoms with Crippen molar-refractivity contribution in [2.75, 3.05) is 31.2 Å². The third-order valence-electron chi connectivity index (χ3n) is 3.46. The minimum Gasteiger partial charge on any atom is -0.454 e. The van der Waals surface area contributed by atoms with E-state index in [2.05, 4.69) is 9.88 Å². The van der Waals surface area contributed by atoms with Gasteiger partial charge in [0.25, 0.3) is 0 Å². The highest BCUT2D eigenvalue weighted by molar-refractivity contribution is 7.18. The Morgan fingerprint density at radius 3 is 2.54 bits per heavy atom. The van der Waals surface area contributed by atoms with Crippen molar-refractivity contribution >= 4 is 22.0 Å². The van der Waals surface area contributed by atoms with Crippen LogP contribution in [0.1, 0.15) is 5.76 Å². The molecule has 8 heteroatoms. The largest absolute Gasteiger partial charge is 0.454 e. The molecule has 0 unspecified atom stereocenters. The van der Waals surface area contributed by atoms with Crippen LogP contribution in [0.25, 0.3) is 16.2 Å². The lowest BCUT2D eigenvalue weighted by molar-refractivity contribution is 0.122. The molecule has 0 bridgehead atoms. The SMILES string of the molecule is N#CC(C#N)=C(C#N)c1ccc(-c2cnc(N3CCOCC3)s2)o1. The number of furan rings is 1. The summed E-state index contributed by atoms with van der Waals surface area (Å²) >= 11 is 1.48. The summed E-state index contributed by atoms with van der Waals surface area (Å²) < 4.78 is 11.0. The summed E-state index contributed by atoms with van der Waals surface area (Å²) in [4.78, 5) is 7.36. The second kappa shape index (κ2) is 6.97. The highest BCUT2D eigenvalue weighted by atomic mass is 32.1. The third kappa shape index (κ3) is 3.00. The van der Waals surface area contributed by atoms with Crippen molar-refractivity contribution in [3.8, 4) is 28.8 Å². The summed E-state index contributed by atoms with van der Waals surface area (Å²) in [5.41, 5.74) is -0.333. The predicted molar refractivity (Wildman–Crippen MR) is 86.6 cm³/mol. The third-order valence-corrected chi connectivity index (χ3v) is 4.53. The standard InChI is InChI=1S/C16H11N5O2S/c17-7-11(8-18)12(9-19)13-1-2-14(23-13)15-10-20-16(24-15)21-3-5-22-6-4-21/h1-2,10H,3-6H2. The molecule has 0 aliphatic carbocycles. The Labute approximate surface area is 142 Å². The van der Waals surface area contributed by atoms with Gasteiger partial charge in [-0.25, -0.2) is 4.98 Å². The Balaban J connectivity index is 1.88. The molecule has 0 aromatic carbocycles. The van der Waals surface area contributed by atoms with E-state index in [-0.39, 0.29) is 16.9 Å². The van der Waals surface area contributed by atoms with Crippen LogP contribution in [-0.4, -0.2) is 31.3 Å². The first-order valence-corrected chi connectivity index (χ1v) is 7.92. The Hall–Kier alpha value is -3.12. The Morgan fingerprint density at radius 1 is 1.12 bits per heavy atom. The lowest BCUT2D eigenvalue weighted by Crippen LogP contribution is -2.36. The number of aromatic nitrogens is 1. The molecule has 1 saturated heterocycles. The van der Waals surface area contributed by atoms with Crippen LogP contribution in [0, 0.1) is 34.0 Å². The first-order valence-electron chi connectivity index (χ1n) is 7.10. The summed E-state index contributed by atoms with van der Waals surface area (Å²) in [6.07, 6.45) is 1.71. The lowest BCUT2D eigenvalue weighted by Gasteiger charge is -2.25. The summed E-state index contributed by atoms with van der Waals surface area (Å²) in [5, 5.41) is 27.9. The van der Waals surface area contributed by atoms with E-state index in [1.807, 2.05) is 6.07 Å². The van der Waals surface area contributed by atoms with Gasteiger partial charge in [0, 0.05) is 13.1 Å². The van der Waals surface area contributed by atoms with E-state index < -0.39 is 0 Å². The maximum absolute atomic E-state index is 9.17. The topological polar surface area (TPSA) is 110 Å². The van der Waals surface area contributed by atoms with Crippen molar-refractivity contribution in [2.24, 2.45) is 0 Å². The van der Waals surface area contributed by atoms with Crippen LogP contribution in [0.5, 0.6) is 0 Å². The smallest absolute Gasteiger partial charge is 0.186 e. The molecule has 0 saturated carbocycles. The van der Waals surface area contributed by atoms with Gasteiger partial charge in [-0.3, -0.25) is 0 Å². The monoisotopic (exact) mass is 337 g/mol. The molecule has 0 radical (unpaired) electrons. The number of hydrogen-bond acceptors (Lipinski definition) is 8. The van der Waals surface area contributed by atoms with E-state index in [4.69, 9.17) is 24.9 Å². The van der Waals surface area contributed by atoms with Gasteiger partial charge in [-0.15, -0.1) is 0 Å². The molecule has 1 fully saturated rings. The van der Waals surface area contributed by atoms with E-state index in [1.165, 1.54) is 11.3 Å². The van der Waals surface area contributed by atoms with Crippen LogP contribution in [-0.2, 0) is 4.74 Å². The second-order valence-electron chi connectivity index (χ2n) is 4.86. The van der Waals surface area contributed by atoms with Gasteiger partial charge < -0.3 is 14.1 Å². The summed E-state index contributed by atoms with van der Waals surface area (Å²) in [6, 6.07) is 8.54. The van der Waals surface area contributed by atoms with E-state index in [9.17, 15) is 0 Å². The molecule has 2 aromatic rings. The molecule has 1 aliphatic rings. The van der Waals surface area contributed by atoms with Gasteiger partial charge in [-0.1, -0.05) is 11.3 Å². The molecule has 1 aliphatic heterocycles. The summed E-state index contributed by atoms with van der Waals surface area (Å²) in [7, 11) is 0. The first-order chi connectivity index (χ1) is 11.8. The summed E-state index contributed by atoms with van der Waals surface area (Å²) in [6.45, 7) is 2.96. The van der Waals surface area contributed by atoms with Crippen LogP contribution in [0.4, 0.5) is 5.13 Å². The van der Waals surface area contributed by atoms with Gasteiger partial charge in [-0.05, 0) is 12.1 Å². The van der Waals surface area contributed by atoms with E-state index in [0.717, 1.165) is 23.1 Å². The highest BCUT2D eigenvalue weighted by Gasteiger charge is 2.18. The van der Waals surface area contributed by atoms with Crippen LogP contribution in [0.3, 0.4) is 0 Å². The zero-order valence-corrected chi connectivity index (χ0v) is 13.3. The molecule has 0 amide bonds. The van der Waals surface area contributed by atoms with Crippen molar-refractivity contribution in [2.45, 2.75) is 0 Å². The number of nitriles is 3. The number of allylic oxidation sites excluding steroid dienone is 2. The summed E-state index contributed by atoms with van der Waals surface area (Å²) in [5.74, 6) is 0.747. The number of rotatable bonds is 3. The second-order valence-corrected chi connectivity index (χ2v) is 5.86. The van der Waals surface area contributed by atoms with Crippen LogP contribution < -0.4 is 4.90 Å². The molecule has 118 valence electrons. The quantitative estimate of drug-likeness (QED) is 0.791. The van der Waals surface area contributed by atoms with Crippen molar-refractivity contribution < 1.29 is 9.15 Å². The van der Waals surface area contributed by atoms with E-state index in [0.29, 0.717) is 19.0 Å². The normalized spacial score (nSPS) is 13.6. The number of morpholine rings is 1. The number of anilines is 1. The molecule has 24 heavy (non-hydrogen) atoms. The molecular formula is C16H11N5O2S. The van der Waals surface area contributed by atoms with Crippen molar-refractivity contribution in [1.82, 2.24) is 4.98 Å². The predicted octanol–water partition coefficient (Wildman–Crippen LogP) is 2.56. The zero-order chi connectivity index (χ0) is 16.9. The Bertz CT molecular complexity index is 884. The Morgan fingerprint density at radius 2 is 1.88 bits per heavy atom. The Kier molecular flexibility index (Phi) is 4.58. The molecule has 7 nitrogen and oxygen atoms in total. The van der Waals surface area contributed by atoms with Crippen molar-refractivity contribution in [3.63, 3.8) is 0 Å². The van der Waals surface area contributed by atoms with E-state index >= 15 is 0 Å². The zero-order valence-electron chi connectivity index (χ0n) is 12.5. The van der Waals surface area contributed by atoms with Gasteiger partial charge in [0.05, 0.1) is 24.3 Å². The minimum absolute atomic E-state index is 0.0656. The van der Waals surface area contributed by atoms with Gasteiger partial charge in [0.2, 0.25) is 0 Å². The fourth-order valence-corrected chi connectivity index (χ4v) is 3.18.